The third-order valence-electron chi connectivity index (χ3n) is 3.73. The number of benzene rings is 1. The number of esters is 1. The highest BCUT2D eigenvalue weighted by Gasteiger charge is 2.44. The number of carbonyl (C=O) groups excluding carboxylic acids is 1. The lowest BCUT2D eigenvalue weighted by atomic mass is 10.0. The van der Waals surface area contributed by atoms with E-state index in [1.807, 2.05) is 0 Å². The van der Waals surface area contributed by atoms with Crippen molar-refractivity contribution in [3.63, 3.8) is 0 Å². The number of aryl methyl sites for hydroxylation is 1. The van der Waals surface area contributed by atoms with Crippen molar-refractivity contribution in [3.05, 3.63) is 51.7 Å². The number of alkyl halides is 3. The molecule has 172 valence electrons. The molecule has 0 aliphatic rings. The van der Waals surface area contributed by atoms with Crippen molar-refractivity contribution < 1.29 is 53.2 Å². The normalized spacial score (nSPS) is 11.6. The second-order valence-electron chi connectivity index (χ2n) is 5.82. The molecule has 0 aliphatic heterocycles. The number of nitrogens with two attached hydrogens (primary N) is 1. The quantitative estimate of drug-likeness (QED) is 0.168. The first-order valence-corrected chi connectivity index (χ1v) is 9.16. The van der Waals surface area contributed by atoms with Crippen LogP contribution in [0.5, 0.6) is 5.75 Å². The number of pyridine rings is 1. The second-order valence-corrected chi connectivity index (χ2v) is 7.23. The van der Waals surface area contributed by atoms with Gasteiger partial charge in [0.15, 0.2) is 11.6 Å². The van der Waals surface area contributed by atoms with Crippen LogP contribution in [0, 0.1) is 44.0 Å². The zero-order valence-electron chi connectivity index (χ0n) is 15.7. The summed E-state index contributed by atoms with van der Waals surface area (Å²) >= 11 is 0. The first kappa shape index (κ1) is 26.1. The first-order chi connectivity index (χ1) is 13.9. The number of rotatable bonds is 2. The van der Waals surface area contributed by atoms with Crippen LogP contribution in [0.4, 0.5) is 36.6 Å². The number of anilines is 1. The summed E-state index contributed by atoms with van der Waals surface area (Å²) < 4.78 is 116. The average molecular weight is 478 g/mol. The van der Waals surface area contributed by atoms with Crippen LogP contribution >= 0.6 is 0 Å². The summed E-state index contributed by atoms with van der Waals surface area (Å²) in [4.78, 5) is 16.1. The zero-order chi connectivity index (χ0) is 24.5. The molecule has 0 radical (unpaired) electrons. The van der Waals surface area contributed by atoms with E-state index in [9.17, 15) is 35.5 Å². The fourth-order valence-corrected chi connectivity index (χ4v) is 2.06. The second kappa shape index (κ2) is 9.05. The van der Waals surface area contributed by atoms with Crippen LogP contribution in [-0.4, -0.2) is 29.4 Å². The van der Waals surface area contributed by atoms with Gasteiger partial charge >= 0.3 is 21.6 Å². The van der Waals surface area contributed by atoms with E-state index in [1.165, 1.54) is 13.8 Å². The molecule has 1 aromatic carbocycles. The molecular formula is C16H13F7N2O5S. The summed E-state index contributed by atoms with van der Waals surface area (Å²) in [6, 6.07) is 0.0213. The number of halogens is 7. The topological polar surface area (TPSA) is 120 Å². The number of carbonyl (C=O) groups is 1. The summed E-state index contributed by atoms with van der Waals surface area (Å²) in [6.07, 6.45) is 0. The Hall–Kier alpha value is -2.94. The minimum atomic E-state index is -5.84. The molecule has 2 aromatic rings. The number of hydrogen-bond acceptors (Lipinski definition) is 6. The van der Waals surface area contributed by atoms with Crippen molar-refractivity contribution in [1.29, 1.82) is 0 Å². The summed E-state index contributed by atoms with van der Waals surface area (Å²) in [5.74, 6) is -9.40. The SMILES string of the molecule is Cc1nc(N)c(C)c(C)c1C(=O)Oc1c(F)c(F)cc(F)c1F.O=S(=O)(O)C(F)(F)F. The van der Waals surface area contributed by atoms with Crippen LogP contribution in [0.1, 0.15) is 27.2 Å². The lowest BCUT2D eigenvalue weighted by Gasteiger charge is -2.13. The minimum absolute atomic E-state index is 0.0213. The Morgan fingerprint density at radius 1 is 1.03 bits per heavy atom. The van der Waals surface area contributed by atoms with Gasteiger partial charge in [-0.3, -0.25) is 4.55 Å². The lowest BCUT2D eigenvalue weighted by molar-refractivity contribution is -0.0510. The molecule has 0 atom stereocenters. The number of ether oxygens (including phenoxy) is 1. The van der Waals surface area contributed by atoms with Crippen molar-refractivity contribution in [2.45, 2.75) is 26.3 Å². The van der Waals surface area contributed by atoms with E-state index >= 15 is 0 Å². The van der Waals surface area contributed by atoms with Gasteiger partial charge in [-0.15, -0.1) is 0 Å². The molecule has 7 nitrogen and oxygen atoms in total. The molecule has 0 unspecified atom stereocenters. The van der Waals surface area contributed by atoms with E-state index in [2.05, 4.69) is 9.72 Å². The van der Waals surface area contributed by atoms with Crippen molar-refractivity contribution in [1.82, 2.24) is 4.98 Å². The minimum Gasteiger partial charge on any atom is -0.416 e. The molecule has 0 aliphatic carbocycles. The molecule has 1 heterocycles. The Labute approximate surface area is 170 Å². The van der Waals surface area contributed by atoms with Gasteiger partial charge in [0.05, 0.1) is 11.3 Å². The van der Waals surface area contributed by atoms with E-state index in [0.29, 0.717) is 11.1 Å². The molecule has 2 rings (SSSR count). The number of nitrogens with zero attached hydrogens (tertiary/aromatic N) is 1. The van der Waals surface area contributed by atoms with Crippen molar-refractivity contribution in [2.24, 2.45) is 0 Å². The standard InChI is InChI=1S/C15H12F4N2O2.CHF3O3S/c1-5-6(2)14(20)21-7(3)10(5)15(22)23-13-11(18)8(16)4-9(17)12(13)19;2-1(3,4)8(5,6)7/h4H,1-3H3,(H2,20,21);(H,5,6,7). The maximum atomic E-state index is 13.6. The molecule has 15 heteroatoms. The summed E-state index contributed by atoms with van der Waals surface area (Å²) in [7, 11) is -5.84. The molecular weight excluding hydrogens is 465 g/mol. The van der Waals surface area contributed by atoms with Gasteiger partial charge in [0.25, 0.3) is 0 Å². The van der Waals surface area contributed by atoms with Gasteiger partial charge in [0.2, 0.25) is 17.4 Å². The van der Waals surface area contributed by atoms with Gasteiger partial charge in [-0.2, -0.15) is 30.4 Å². The summed E-state index contributed by atoms with van der Waals surface area (Å²) in [5, 5.41) is 0. The van der Waals surface area contributed by atoms with Crippen molar-refractivity contribution in [2.75, 3.05) is 5.73 Å². The fourth-order valence-electron chi connectivity index (χ4n) is 2.06. The first-order valence-electron chi connectivity index (χ1n) is 7.72. The number of nitrogen functional groups attached to an aromatic ring is 1. The van der Waals surface area contributed by atoms with E-state index in [0.717, 1.165) is 0 Å². The predicted octanol–water partition coefficient (Wildman–Crippen LogP) is 3.76. The van der Waals surface area contributed by atoms with Crippen LogP contribution in [0.25, 0.3) is 0 Å². The Morgan fingerprint density at radius 3 is 1.84 bits per heavy atom. The van der Waals surface area contributed by atoms with E-state index in [-0.39, 0.29) is 23.1 Å². The van der Waals surface area contributed by atoms with Gasteiger partial charge in [0, 0.05) is 6.07 Å². The van der Waals surface area contributed by atoms with Gasteiger partial charge in [-0.25, -0.2) is 18.6 Å². The monoisotopic (exact) mass is 478 g/mol. The largest absolute Gasteiger partial charge is 0.522 e. The molecule has 0 saturated carbocycles. The van der Waals surface area contributed by atoms with E-state index in [1.54, 1.807) is 6.92 Å². The average Bonchev–Trinajstić information content (AvgIpc) is 2.60. The molecule has 31 heavy (non-hydrogen) atoms. The highest BCUT2D eigenvalue weighted by molar-refractivity contribution is 7.86. The van der Waals surface area contributed by atoms with Gasteiger partial charge in [0.1, 0.15) is 5.82 Å². The lowest BCUT2D eigenvalue weighted by Crippen LogP contribution is -2.21. The Kier molecular flexibility index (Phi) is 7.62. The fraction of sp³-hybridized carbons (Fsp3) is 0.250. The van der Waals surface area contributed by atoms with Crippen molar-refractivity contribution in [3.8, 4) is 5.75 Å². The van der Waals surface area contributed by atoms with Crippen molar-refractivity contribution >= 4 is 21.9 Å². The Bertz CT molecular complexity index is 1110. The third-order valence-corrected chi connectivity index (χ3v) is 4.32. The number of aromatic nitrogens is 1. The summed E-state index contributed by atoms with van der Waals surface area (Å²) in [5.41, 5.74) is 1.06. The maximum Gasteiger partial charge on any atom is 0.522 e. The van der Waals surface area contributed by atoms with E-state index in [4.69, 9.17) is 18.7 Å². The van der Waals surface area contributed by atoms with Gasteiger partial charge < -0.3 is 10.5 Å². The van der Waals surface area contributed by atoms with Crippen LogP contribution in [0.3, 0.4) is 0 Å². The Morgan fingerprint density at radius 2 is 1.45 bits per heavy atom. The predicted molar refractivity (Wildman–Crippen MR) is 91.7 cm³/mol. The Balaban J connectivity index is 0.000000512. The maximum absolute atomic E-state index is 13.6. The molecule has 3 N–H and O–H groups in total. The molecule has 1 aromatic heterocycles. The molecule has 0 spiro atoms. The van der Waals surface area contributed by atoms with Crippen LogP contribution in [0.15, 0.2) is 6.07 Å². The highest BCUT2D eigenvalue weighted by Crippen LogP contribution is 2.29. The van der Waals surface area contributed by atoms with Crippen LogP contribution in [0.2, 0.25) is 0 Å². The van der Waals surface area contributed by atoms with E-state index < -0.39 is 50.6 Å². The third kappa shape index (κ3) is 5.81. The zero-order valence-corrected chi connectivity index (χ0v) is 16.6. The number of hydrogen-bond donors (Lipinski definition) is 2. The molecule has 0 saturated heterocycles. The highest BCUT2D eigenvalue weighted by atomic mass is 32.2. The van der Waals surface area contributed by atoms with Gasteiger partial charge in [-0.1, -0.05) is 0 Å². The molecule has 0 amide bonds. The molecule has 0 bridgehead atoms. The van der Waals surface area contributed by atoms with Crippen LogP contribution < -0.4 is 10.5 Å². The molecule has 0 fully saturated rings. The smallest absolute Gasteiger partial charge is 0.416 e. The summed E-state index contributed by atoms with van der Waals surface area (Å²) in [6.45, 7) is 4.57. The van der Waals surface area contributed by atoms with Gasteiger partial charge in [-0.05, 0) is 31.9 Å². The van der Waals surface area contributed by atoms with Crippen LogP contribution in [-0.2, 0) is 10.1 Å².